The molecule has 0 radical (unpaired) electrons. The standard InChI is InChI=1S/C32H50N2O8Si3/c1-43(2,19-7-17-35-25-33-27-9-13-29(14-10-27)37-21-31-23-39-31)41-45(5,6)42-44(3,4)20-8-18-36-26-34-28-11-15-30(16-12-28)38-22-32-24-40-32/h9-16,25-26,31-32H,7-8,17-24H2,1-6H3. The Morgan fingerprint density at radius 3 is 1.38 bits per heavy atom. The molecule has 4 rings (SSSR count). The summed E-state index contributed by atoms with van der Waals surface area (Å²) >= 11 is 0. The number of ether oxygens (including phenoxy) is 6. The molecule has 2 atom stereocenters. The average molecular weight is 675 g/mol. The van der Waals surface area contributed by atoms with Crippen molar-refractivity contribution in [3.8, 4) is 11.5 Å². The molecule has 0 spiro atoms. The average Bonchev–Trinajstić information content (AvgIpc) is 3.90. The summed E-state index contributed by atoms with van der Waals surface area (Å²) in [5.41, 5.74) is 1.65. The summed E-state index contributed by atoms with van der Waals surface area (Å²) in [5, 5.41) is 0. The molecule has 248 valence electrons. The van der Waals surface area contributed by atoms with Crippen LogP contribution in [-0.4, -0.2) is 89.8 Å². The lowest BCUT2D eigenvalue weighted by molar-refractivity contribution is 0.263. The zero-order chi connectivity index (χ0) is 32.2. The van der Waals surface area contributed by atoms with Gasteiger partial charge in [-0.15, -0.1) is 0 Å². The van der Waals surface area contributed by atoms with E-state index in [4.69, 9.17) is 36.7 Å². The fraction of sp³-hybridized carbons (Fsp3) is 0.562. The minimum absolute atomic E-state index is 0.247. The van der Waals surface area contributed by atoms with E-state index in [1.807, 2.05) is 48.5 Å². The van der Waals surface area contributed by atoms with E-state index in [9.17, 15) is 0 Å². The van der Waals surface area contributed by atoms with Crippen LogP contribution in [0.2, 0.25) is 51.4 Å². The number of hydrogen-bond donors (Lipinski definition) is 0. The number of nitrogens with zero attached hydrogens (tertiary/aromatic N) is 2. The summed E-state index contributed by atoms with van der Waals surface area (Å²) in [6.07, 6.45) is 5.37. The number of benzene rings is 2. The lowest BCUT2D eigenvalue weighted by Crippen LogP contribution is -2.52. The molecule has 2 saturated heterocycles. The van der Waals surface area contributed by atoms with Gasteiger partial charge in [-0.3, -0.25) is 0 Å². The van der Waals surface area contributed by atoms with E-state index >= 15 is 0 Å². The van der Waals surface area contributed by atoms with E-state index in [1.165, 1.54) is 12.8 Å². The molecule has 0 saturated carbocycles. The predicted molar refractivity (Wildman–Crippen MR) is 185 cm³/mol. The Bertz CT molecular complexity index is 1120. The van der Waals surface area contributed by atoms with Gasteiger partial charge < -0.3 is 36.7 Å². The zero-order valence-corrected chi connectivity index (χ0v) is 30.7. The Labute approximate surface area is 271 Å². The van der Waals surface area contributed by atoms with Gasteiger partial charge in [0.1, 0.15) is 36.9 Å². The van der Waals surface area contributed by atoms with E-state index in [1.54, 1.807) is 0 Å². The quantitative estimate of drug-likeness (QED) is 0.0424. The number of rotatable bonds is 22. The molecule has 2 aliphatic rings. The lowest BCUT2D eigenvalue weighted by atomic mass is 10.3. The third kappa shape index (κ3) is 15.1. The van der Waals surface area contributed by atoms with Crippen LogP contribution in [0.15, 0.2) is 58.5 Å². The van der Waals surface area contributed by atoms with Crippen LogP contribution < -0.4 is 9.47 Å². The van der Waals surface area contributed by atoms with Crippen LogP contribution in [-0.2, 0) is 27.2 Å². The highest BCUT2D eigenvalue weighted by Gasteiger charge is 2.39. The summed E-state index contributed by atoms with van der Waals surface area (Å²) in [5.74, 6) is 1.64. The van der Waals surface area contributed by atoms with E-state index in [0.29, 0.717) is 26.4 Å². The molecule has 2 aromatic carbocycles. The molecule has 2 unspecified atom stereocenters. The summed E-state index contributed by atoms with van der Waals surface area (Å²) < 4.78 is 46.4. The minimum atomic E-state index is -2.29. The van der Waals surface area contributed by atoms with Gasteiger partial charge in [-0.2, -0.15) is 0 Å². The summed E-state index contributed by atoms with van der Waals surface area (Å²) in [6.45, 7) is 17.4. The second-order valence-corrected chi connectivity index (χ2v) is 25.5. The number of epoxide rings is 2. The van der Waals surface area contributed by atoms with Crippen LogP contribution in [0.3, 0.4) is 0 Å². The smallest absolute Gasteiger partial charge is 0.311 e. The van der Waals surface area contributed by atoms with E-state index in [2.05, 4.69) is 49.3 Å². The molecule has 2 heterocycles. The van der Waals surface area contributed by atoms with E-state index < -0.39 is 25.2 Å². The highest BCUT2D eigenvalue weighted by molar-refractivity contribution is 6.87. The van der Waals surface area contributed by atoms with Crippen molar-refractivity contribution in [2.45, 2.75) is 76.4 Å². The molecular formula is C32H50N2O8Si3. The molecule has 0 aliphatic carbocycles. The predicted octanol–water partition coefficient (Wildman–Crippen LogP) is 7.22. The summed E-state index contributed by atoms with van der Waals surface area (Å²) in [6, 6.07) is 17.3. The van der Waals surface area contributed by atoms with Crippen molar-refractivity contribution < 1.29 is 36.7 Å². The van der Waals surface area contributed by atoms with Crippen molar-refractivity contribution >= 4 is 49.4 Å². The van der Waals surface area contributed by atoms with Crippen molar-refractivity contribution in [2.75, 3.05) is 39.6 Å². The first-order valence-electron chi connectivity index (χ1n) is 15.8. The van der Waals surface area contributed by atoms with Crippen LogP contribution in [0.4, 0.5) is 11.4 Å². The van der Waals surface area contributed by atoms with Gasteiger partial charge in [0.25, 0.3) is 0 Å². The van der Waals surface area contributed by atoms with Crippen LogP contribution in [0, 0.1) is 0 Å². The van der Waals surface area contributed by atoms with Crippen molar-refractivity contribution in [1.29, 1.82) is 0 Å². The zero-order valence-electron chi connectivity index (χ0n) is 27.7. The van der Waals surface area contributed by atoms with E-state index in [0.717, 1.165) is 61.0 Å². The van der Waals surface area contributed by atoms with Gasteiger partial charge in [0, 0.05) is 0 Å². The summed E-state index contributed by atoms with van der Waals surface area (Å²) in [4.78, 5) is 8.76. The highest BCUT2D eigenvalue weighted by atomic mass is 28.5. The third-order valence-electron chi connectivity index (χ3n) is 7.03. The Hall–Kier alpha value is -2.53. The molecule has 2 aliphatic heterocycles. The molecule has 10 nitrogen and oxygen atoms in total. The molecule has 2 fully saturated rings. The molecule has 2 aromatic rings. The molecular weight excluding hydrogens is 625 g/mol. The molecule has 0 bridgehead atoms. The monoisotopic (exact) mass is 674 g/mol. The third-order valence-corrected chi connectivity index (χ3v) is 18.5. The van der Waals surface area contributed by atoms with Crippen molar-refractivity contribution in [1.82, 2.24) is 0 Å². The van der Waals surface area contributed by atoms with E-state index in [-0.39, 0.29) is 12.2 Å². The van der Waals surface area contributed by atoms with Gasteiger partial charge in [-0.25, -0.2) is 9.98 Å². The van der Waals surface area contributed by atoms with Crippen molar-refractivity contribution in [3.05, 3.63) is 48.5 Å². The van der Waals surface area contributed by atoms with Crippen molar-refractivity contribution in [3.63, 3.8) is 0 Å². The lowest BCUT2D eigenvalue weighted by Gasteiger charge is -2.38. The van der Waals surface area contributed by atoms with Crippen LogP contribution in [0.5, 0.6) is 11.5 Å². The number of aliphatic imine (C=N–C) groups is 2. The first-order valence-corrected chi connectivity index (χ1v) is 24.9. The molecule has 0 aromatic heterocycles. The Morgan fingerprint density at radius 1 is 0.644 bits per heavy atom. The second kappa shape index (κ2) is 16.9. The second-order valence-electron chi connectivity index (χ2n) is 13.1. The molecule has 0 N–H and O–H groups in total. The van der Waals surface area contributed by atoms with Gasteiger partial charge >= 0.3 is 8.56 Å². The Morgan fingerprint density at radius 2 is 1.02 bits per heavy atom. The van der Waals surface area contributed by atoms with Gasteiger partial charge in [0.2, 0.25) is 0 Å². The van der Waals surface area contributed by atoms with Crippen LogP contribution in [0.25, 0.3) is 0 Å². The number of hydrogen-bond acceptors (Lipinski definition) is 10. The maximum Gasteiger partial charge on any atom is 0.311 e. The van der Waals surface area contributed by atoms with Crippen LogP contribution in [0.1, 0.15) is 12.8 Å². The van der Waals surface area contributed by atoms with Gasteiger partial charge in [-0.05, 0) is 113 Å². The molecule has 0 amide bonds. The topological polar surface area (TPSA) is 105 Å². The largest absolute Gasteiger partial charge is 0.491 e. The highest BCUT2D eigenvalue weighted by Crippen LogP contribution is 2.26. The minimum Gasteiger partial charge on any atom is -0.491 e. The fourth-order valence-electron chi connectivity index (χ4n) is 4.88. The first kappa shape index (κ1) is 35.3. The van der Waals surface area contributed by atoms with Crippen LogP contribution >= 0.6 is 0 Å². The van der Waals surface area contributed by atoms with Gasteiger partial charge in [0.05, 0.1) is 37.8 Å². The first-order chi connectivity index (χ1) is 21.5. The maximum absolute atomic E-state index is 6.73. The van der Waals surface area contributed by atoms with Crippen molar-refractivity contribution in [2.24, 2.45) is 9.98 Å². The molecule has 45 heavy (non-hydrogen) atoms. The fourth-order valence-corrected chi connectivity index (χ4v) is 18.9. The Kier molecular flexibility index (Phi) is 13.2. The van der Waals surface area contributed by atoms with Gasteiger partial charge in [0.15, 0.2) is 29.4 Å². The summed E-state index contributed by atoms with van der Waals surface area (Å²) in [7, 11) is -6.12. The van der Waals surface area contributed by atoms with Gasteiger partial charge in [-0.1, -0.05) is 0 Å². The normalized spacial score (nSPS) is 18.4. The molecule has 13 heteroatoms. The maximum atomic E-state index is 6.73. The Balaban J connectivity index is 1.06. The SMILES string of the molecule is C[Si](C)(CCCOC=Nc1ccc(OCC2CO2)cc1)O[Si](C)(C)O[Si](C)(C)CCCOC=Nc1ccc(OCC2CO2)cc1.